The van der Waals surface area contributed by atoms with Crippen molar-refractivity contribution in [1.29, 1.82) is 0 Å². The normalized spacial score (nSPS) is 10.9. The molecule has 0 saturated carbocycles. The first-order valence-corrected chi connectivity index (χ1v) is 9.32. The lowest BCUT2D eigenvalue weighted by atomic mass is 10.1. The van der Waals surface area contributed by atoms with Gasteiger partial charge >= 0.3 is 0 Å². The number of carbonyl (C=O) groups is 1. The maximum atomic E-state index is 13.0. The first-order valence-electron chi connectivity index (χ1n) is 9.32. The average molecular weight is 390 g/mol. The van der Waals surface area contributed by atoms with Gasteiger partial charge in [-0.05, 0) is 79.1 Å². The van der Waals surface area contributed by atoms with Crippen LogP contribution in [0, 0.1) is 19.7 Å². The zero-order valence-electron chi connectivity index (χ0n) is 16.7. The third kappa shape index (κ3) is 5.11. The van der Waals surface area contributed by atoms with Gasteiger partial charge in [-0.3, -0.25) is 4.79 Å². The SMILES string of the molecule is COc1ccc(/C=C/C(=O)c2ccc(F)cc2)cc1COc1cccc(C)c1C. The summed E-state index contributed by atoms with van der Waals surface area (Å²) < 4.78 is 24.4. The van der Waals surface area contributed by atoms with E-state index in [0.717, 1.165) is 28.2 Å². The van der Waals surface area contributed by atoms with Crippen molar-refractivity contribution in [2.45, 2.75) is 20.5 Å². The molecule has 0 unspecified atom stereocenters. The van der Waals surface area contributed by atoms with Crippen LogP contribution in [0.3, 0.4) is 0 Å². The molecule has 0 atom stereocenters. The van der Waals surface area contributed by atoms with E-state index in [4.69, 9.17) is 9.47 Å². The smallest absolute Gasteiger partial charge is 0.185 e. The van der Waals surface area contributed by atoms with Gasteiger partial charge in [-0.1, -0.05) is 24.3 Å². The lowest BCUT2D eigenvalue weighted by Crippen LogP contribution is -2.01. The lowest BCUT2D eigenvalue weighted by molar-refractivity contribution is 0.104. The molecule has 148 valence electrons. The van der Waals surface area contributed by atoms with E-state index in [0.29, 0.717) is 12.2 Å². The molecule has 0 bridgehead atoms. The molecular formula is C25H23FO3. The number of carbonyl (C=O) groups excluding carboxylic acids is 1. The van der Waals surface area contributed by atoms with Crippen molar-refractivity contribution in [2.24, 2.45) is 0 Å². The van der Waals surface area contributed by atoms with Gasteiger partial charge in [0.1, 0.15) is 23.9 Å². The summed E-state index contributed by atoms with van der Waals surface area (Å²) in [7, 11) is 1.62. The summed E-state index contributed by atoms with van der Waals surface area (Å²) in [4.78, 5) is 12.3. The predicted octanol–water partition coefficient (Wildman–Crippen LogP) is 5.93. The Kier molecular flexibility index (Phi) is 6.45. The number of allylic oxidation sites excluding steroid dienone is 1. The molecule has 0 aliphatic carbocycles. The van der Waals surface area contributed by atoms with Crippen LogP contribution in [-0.2, 0) is 6.61 Å². The first kappa shape index (κ1) is 20.3. The number of ketones is 1. The summed E-state index contributed by atoms with van der Waals surface area (Å²) in [5.74, 6) is 1.000. The highest BCUT2D eigenvalue weighted by atomic mass is 19.1. The molecule has 3 rings (SSSR count). The molecule has 29 heavy (non-hydrogen) atoms. The molecule has 0 N–H and O–H groups in total. The molecule has 3 aromatic rings. The summed E-state index contributed by atoms with van der Waals surface area (Å²) in [6, 6.07) is 17.1. The number of methoxy groups -OCH3 is 1. The number of hydrogen-bond donors (Lipinski definition) is 0. The summed E-state index contributed by atoms with van der Waals surface area (Å²) in [6.07, 6.45) is 3.21. The molecule has 3 nitrogen and oxygen atoms in total. The van der Waals surface area contributed by atoms with E-state index in [9.17, 15) is 9.18 Å². The topological polar surface area (TPSA) is 35.5 Å². The predicted molar refractivity (Wildman–Crippen MR) is 113 cm³/mol. The van der Waals surface area contributed by atoms with Crippen LogP contribution in [0.2, 0.25) is 0 Å². The Morgan fingerprint density at radius 1 is 1.00 bits per heavy atom. The number of hydrogen-bond acceptors (Lipinski definition) is 3. The zero-order chi connectivity index (χ0) is 20.8. The van der Waals surface area contributed by atoms with Crippen LogP contribution in [-0.4, -0.2) is 12.9 Å². The molecule has 0 amide bonds. The van der Waals surface area contributed by atoms with Crippen LogP contribution in [0.25, 0.3) is 6.08 Å². The molecule has 0 heterocycles. The summed E-state index contributed by atoms with van der Waals surface area (Å²) in [5.41, 5.74) is 4.44. The largest absolute Gasteiger partial charge is 0.496 e. The molecular weight excluding hydrogens is 367 g/mol. The monoisotopic (exact) mass is 390 g/mol. The van der Waals surface area contributed by atoms with Gasteiger partial charge in [0.15, 0.2) is 5.78 Å². The quantitative estimate of drug-likeness (QED) is 0.371. The Morgan fingerprint density at radius 3 is 2.48 bits per heavy atom. The third-order valence-electron chi connectivity index (χ3n) is 4.80. The van der Waals surface area contributed by atoms with Gasteiger partial charge in [0.05, 0.1) is 7.11 Å². The van der Waals surface area contributed by atoms with Crippen molar-refractivity contribution in [3.8, 4) is 11.5 Å². The van der Waals surface area contributed by atoms with Crippen molar-refractivity contribution in [1.82, 2.24) is 0 Å². The van der Waals surface area contributed by atoms with Gasteiger partial charge in [0.2, 0.25) is 0 Å². The molecule has 0 spiro atoms. The van der Waals surface area contributed by atoms with Crippen LogP contribution in [0.15, 0.2) is 66.7 Å². The van der Waals surface area contributed by atoms with Crippen molar-refractivity contribution >= 4 is 11.9 Å². The highest BCUT2D eigenvalue weighted by Crippen LogP contribution is 2.25. The first-order chi connectivity index (χ1) is 14.0. The molecule has 3 aromatic carbocycles. The Morgan fingerprint density at radius 2 is 1.76 bits per heavy atom. The fourth-order valence-electron chi connectivity index (χ4n) is 2.93. The molecule has 0 aliphatic rings. The highest BCUT2D eigenvalue weighted by molar-refractivity contribution is 6.06. The second-order valence-corrected chi connectivity index (χ2v) is 6.76. The number of ether oxygens (including phenoxy) is 2. The van der Waals surface area contributed by atoms with E-state index in [-0.39, 0.29) is 11.6 Å². The van der Waals surface area contributed by atoms with Gasteiger partial charge in [0, 0.05) is 11.1 Å². The number of rotatable bonds is 7. The van der Waals surface area contributed by atoms with Crippen LogP contribution < -0.4 is 9.47 Å². The minimum Gasteiger partial charge on any atom is -0.496 e. The summed E-state index contributed by atoms with van der Waals surface area (Å²) >= 11 is 0. The minimum absolute atomic E-state index is 0.186. The van der Waals surface area contributed by atoms with Crippen molar-refractivity contribution in [2.75, 3.05) is 7.11 Å². The van der Waals surface area contributed by atoms with E-state index in [1.807, 2.05) is 50.2 Å². The number of halogens is 1. The van der Waals surface area contributed by atoms with Crippen LogP contribution >= 0.6 is 0 Å². The van der Waals surface area contributed by atoms with E-state index in [2.05, 4.69) is 0 Å². The van der Waals surface area contributed by atoms with Gasteiger partial charge in [-0.2, -0.15) is 0 Å². The molecule has 0 aliphatic heterocycles. The van der Waals surface area contributed by atoms with Crippen molar-refractivity contribution in [3.63, 3.8) is 0 Å². The molecule has 0 fully saturated rings. The van der Waals surface area contributed by atoms with Gasteiger partial charge in [-0.15, -0.1) is 0 Å². The lowest BCUT2D eigenvalue weighted by Gasteiger charge is -2.13. The second kappa shape index (κ2) is 9.20. The van der Waals surface area contributed by atoms with Crippen LogP contribution in [0.5, 0.6) is 11.5 Å². The maximum Gasteiger partial charge on any atom is 0.185 e. The molecule has 0 aromatic heterocycles. The Balaban J connectivity index is 1.76. The van der Waals surface area contributed by atoms with E-state index in [1.165, 1.54) is 35.9 Å². The van der Waals surface area contributed by atoms with Crippen molar-refractivity contribution < 1.29 is 18.7 Å². The Labute approximate surface area is 170 Å². The molecule has 4 heteroatoms. The second-order valence-electron chi connectivity index (χ2n) is 6.76. The van der Waals surface area contributed by atoms with Crippen LogP contribution in [0.1, 0.15) is 32.6 Å². The van der Waals surface area contributed by atoms with Gasteiger partial charge < -0.3 is 9.47 Å². The van der Waals surface area contributed by atoms with E-state index < -0.39 is 0 Å². The van der Waals surface area contributed by atoms with Gasteiger partial charge in [-0.25, -0.2) is 4.39 Å². The summed E-state index contributed by atoms with van der Waals surface area (Å²) in [6.45, 7) is 4.43. The Hall–Kier alpha value is -3.40. The summed E-state index contributed by atoms with van der Waals surface area (Å²) in [5, 5.41) is 0. The maximum absolute atomic E-state index is 13.0. The third-order valence-corrected chi connectivity index (χ3v) is 4.80. The van der Waals surface area contributed by atoms with E-state index >= 15 is 0 Å². The average Bonchev–Trinajstić information content (AvgIpc) is 2.73. The fraction of sp³-hybridized carbons (Fsp3) is 0.160. The highest BCUT2D eigenvalue weighted by Gasteiger charge is 2.08. The van der Waals surface area contributed by atoms with Gasteiger partial charge in [0.25, 0.3) is 0 Å². The molecule has 0 saturated heterocycles. The zero-order valence-corrected chi connectivity index (χ0v) is 16.7. The minimum atomic E-state index is -0.367. The van der Waals surface area contributed by atoms with Crippen molar-refractivity contribution in [3.05, 3.63) is 100 Å². The standard InChI is InChI=1S/C25H23FO3/c1-17-5-4-6-24(18(17)2)29-16-21-15-19(8-14-25(21)28-3)7-13-23(27)20-9-11-22(26)12-10-20/h4-15H,16H2,1-3H3/b13-7+. The Bertz CT molecular complexity index is 1040. The van der Waals surface area contributed by atoms with Crippen LogP contribution in [0.4, 0.5) is 4.39 Å². The number of benzene rings is 3. The van der Waals surface area contributed by atoms with E-state index in [1.54, 1.807) is 13.2 Å². The number of aryl methyl sites for hydroxylation is 1. The molecule has 0 radical (unpaired) electrons. The fourth-order valence-corrected chi connectivity index (χ4v) is 2.93.